The SMILES string of the molecule is c1ccc(-c2cc(-c3ccccc3)nc(-c3cc(-c4ccccn4)cc(-c4cc5ccccc5c5ccccc45)c3)n2)cc1. The van der Waals surface area contributed by atoms with Crippen molar-refractivity contribution in [2.75, 3.05) is 0 Å². The maximum atomic E-state index is 5.15. The molecule has 44 heavy (non-hydrogen) atoms. The summed E-state index contributed by atoms with van der Waals surface area (Å²) in [5.41, 5.74) is 9.00. The predicted octanol–water partition coefficient (Wildman–Crippen LogP) is 10.5. The summed E-state index contributed by atoms with van der Waals surface area (Å²) in [4.78, 5) is 15.0. The quantitative estimate of drug-likeness (QED) is 0.196. The van der Waals surface area contributed by atoms with Crippen LogP contribution in [0.15, 0.2) is 164 Å². The van der Waals surface area contributed by atoms with E-state index in [0.29, 0.717) is 5.82 Å². The van der Waals surface area contributed by atoms with Crippen molar-refractivity contribution in [1.82, 2.24) is 15.0 Å². The fourth-order valence-electron chi connectivity index (χ4n) is 5.98. The van der Waals surface area contributed by atoms with Crippen molar-refractivity contribution in [3.63, 3.8) is 0 Å². The van der Waals surface area contributed by atoms with Crippen LogP contribution in [0.4, 0.5) is 0 Å². The normalized spacial score (nSPS) is 11.2. The molecule has 0 aliphatic heterocycles. The first-order valence-electron chi connectivity index (χ1n) is 14.8. The van der Waals surface area contributed by atoms with Gasteiger partial charge in [-0.15, -0.1) is 0 Å². The number of nitrogens with zero attached hydrogens (tertiary/aromatic N) is 3. The summed E-state index contributed by atoms with van der Waals surface area (Å²) in [6, 6.07) is 54.9. The summed E-state index contributed by atoms with van der Waals surface area (Å²) < 4.78 is 0. The molecule has 2 aromatic heterocycles. The fraction of sp³-hybridized carbons (Fsp3) is 0. The molecule has 0 saturated heterocycles. The van der Waals surface area contributed by atoms with Crippen LogP contribution in [0.2, 0.25) is 0 Å². The standard InChI is InChI=1S/C41H27N3/c1-3-13-28(14-4-1)39-27-40(29-15-5-2-6-16-29)44-41(43-39)33-24-31(23-32(25-33)38-21-11-12-22-42-38)37-26-30-17-7-8-18-34(30)35-19-9-10-20-36(35)37/h1-27H. The van der Waals surface area contributed by atoms with Gasteiger partial charge in [-0.25, -0.2) is 9.97 Å². The highest BCUT2D eigenvalue weighted by Gasteiger charge is 2.16. The van der Waals surface area contributed by atoms with Crippen LogP contribution >= 0.6 is 0 Å². The highest BCUT2D eigenvalue weighted by Crippen LogP contribution is 2.39. The molecule has 0 spiro atoms. The number of pyridine rings is 1. The second-order valence-corrected chi connectivity index (χ2v) is 10.9. The zero-order chi connectivity index (χ0) is 29.3. The van der Waals surface area contributed by atoms with E-state index in [2.05, 4.69) is 109 Å². The molecule has 0 unspecified atom stereocenters. The highest BCUT2D eigenvalue weighted by molar-refractivity contribution is 6.14. The smallest absolute Gasteiger partial charge is 0.160 e. The first-order chi connectivity index (χ1) is 21.8. The Morgan fingerprint density at radius 3 is 1.59 bits per heavy atom. The number of aromatic nitrogens is 3. The Morgan fingerprint density at radius 1 is 0.341 bits per heavy atom. The van der Waals surface area contributed by atoms with Gasteiger partial charge >= 0.3 is 0 Å². The van der Waals surface area contributed by atoms with Gasteiger partial charge in [0, 0.05) is 28.5 Å². The third-order valence-corrected chi connectivity index (χ3v) is 8.10. The summed E-state index contributed by atoms with van der Waals surface area (Å²) in [6.45, 7) is 0. The number of benzene rings is 6. The van der Waals surface area contributed by atoms with Crippen LogP contribution in [-0.4, -0.2) is 15.0 Å². The van der Waals surface area contributed by atoms with Gasteiger partial charge in [0.05, 0.1) is 17.1 Å². The molecule has 2 heterocycles. The molecule has 3 nitrogen and oxygen atoms in total. The van der Waals surface area contributed by atoms with Gasteiger partial charge in [0.1, 0.15) is 0 Å². The molecular formula is C41H27N3. The summed E-state index contributed by atoms with van der Waals surface area (Å²) >= 11 is 0. The highest BCUT2D eigenvalue weighted by atomic mass is 14.9. The summed E-state index contributed by atoms with van der Waals surface area (Å²) in [7, 11) is 0. The van der Waals surface area contributed by atoms with Gasteiger partial charge in [-0.3, -0.25) is 4.98 Å². The molecule has 8 rings (SSSR count). The lowest BCUT2D eigenvalue weighted by molar-refractivity contribution is 1.18. The Kier molecular flexibility index (Phi) is 6.47. The van der Waals surface area contributed by atoms with Crippen molar-refractivity contribution in [2.45, 2.75) is 0 Å². The lowest BCUT2D eigenvalue weighted by atomic mass is 9.91. The Balaban J connectivity index is 1.41. The maximum Gasteiger partial charge on any atom is 0.160 e. The summed E-state index contributed by atoms with van der Waals surface area (Å²) in [6.07, 6.45) is 1.84. The Bertz CT molecular complexity index is 2200. The fourth-order valence-corrected chi connectivity index (χ4v) is 5.98. The lowest BCUT2D eigenvalue weighted by Gasteiger charge is -2.15. The topological polar surface area (TPSA) is 38.7 Å². The zero-order valence-corrected chi connectivity index (χ0v) is 23.9. The van der Waals surface area contributed by atoms with Gasteiger partial charge in [0.2, 0.25) is 0 Å². The van der Waals surface area contributed by atoms with Crippen LogP contribution in [0.5, 0.6) is 0 Å². The second-order valence-electron chi connectivity index (χ2n) is 10.9. The minimum atomic E-state index is 0.675. The molecule has 0 aliphatic rings. The van der Waals surface area contributed by atoms with Crippen molar-refractivity contribution in [2.24, 2.45) is 0 Å². The van der Waals surface area contributed by atoms with E-state index in [-0.39, 0.29) is 0 Å². The molecule has 0 saturated carbocycles. The van der Waals surface area contributed by atoms with Crippen LogP contribution < -0.4 is 0 Å². The van der Waals surface area contributed by atoms with Gasteiger partial charge in [-0.1, -0.05) is 115 Å². The number of fused-ring (bicyclic) bond motifs is 3. The van der Waals surface area contributed by atoms with Gasteiger partial charge < -0.3 is 0 Å². The number of hydrogen-bond acceptors (Lipinski definition) is 3. The molecule has 206 valence electrons. The first-order valence-corrected chi connectivity index (χ1v) is 14.8. The Morgan fingerprint density at radius 2 is 0.909 bits per heavy atom. The van der Waals surface area contributed by atoms with Crippen LogP contribution in [0.25, 0.3) is 77.8 Å². The number of hydrogen-bond donors (Lipinski definition) is 0. The van der Waals surface area contributed by atoms with Gasteiger partial charge in [0.15, 0.2) is 5.82 Å². The van der Waals surface area contributed by atoms with E-state index in [1.54, 1.807) is 0 Å². The molecule has 3 heteroatoms. The largest absolute Gasteiger partial charge is 0.256 e. The Hall–Kier alpha value is -5.93. The van der Waals surface area contributed by atoms with E-state index in [4.69, 9.17) is 15.0 Å². The van der Waals surface area contributed by atoms with E-state index in [1.807, 2.05) is 54.7 Å². The van der Waals surface area contributed by atoms with Gasteiger partial charge in [0.25, 0.3) is 0 Å². The molecule has 0 N–H and O–H groups in total. The van der Waals surface area contributed by atoms with Crippen molar-refractivity contribution in [3.05, 3.63) is 164 Å². The zero-order valence-electron chi connectivity index (χ0n) is 23.9. The maximum absolute atomic E-state index is 5.15. The van der Waals surface area contributed by atoms with E-state index in [1.165, 1.54) is 27.1 Å². The average molecular weight is 562 g/mol. The van der Waals surface area contributed by atoms with E-state index < -0.39 is 0 Å². The molecule has 8 aromatic rings. The monoisotopic (exact) mass is 561 g/mol. The third kappa shape index (κ3) is 4.81. The molecule has 0 aliphatic carbocycles. The van der Waals surface area contributed by atoms with E-state index in [9.17, 15) is 0 Å². The van der Waals surface area contributed by atoms with E-state index in [0.717, 1.165) is 44.9 Å². The Labute approximate surface area is 256 Å². The minimum absolute atomic E-state index is 0.675. The molecule has 0 atom stereocenters. The lowest BCUT2D eigenvalue weighted by Crippen LogP contribution is -1.97. The predicted molar refractivity (Wildman–Crippen MR) is 182 cm³/mol. The summed E-state index contributed by atoms with van der Waals surface area (Å²) in [5, 5.41) is 4.90. The van der Waals surface area contributed by atoms with Crippen molar-refractivity contribution in [3.8, 4) is 56.3 Å². The van der Waals surface area contributed by atoms with Crippen LogP contribution in [0, 0.1) is 0 Å². The van der Waals surface area contributed by atoms with Crippen LogP contribution in [0.1, 0.15) is 0 Å². The number of rotatable bonds is 5. The molecule has 0 radical (unpaired) electrons. The van der Waals surface area contributed by atoms with Gasteiger partial charge in [-0.05, 0) is 75.1 Å². The minimum Gasteiger partial charge on any atom is -0.256 e. The third-order valence-electron chi connectivity index (χ3n) is 8.10. The molecule has 0 amide bonds. The molecular weight excluding hydrogens is 534 g/mol. The van der Waals surface area contributed by atoms with Crippen molar-refractivity contribution >= 4 is 21.5 Å². The van der Waals surface area contributed by atoms with E-state index >= 15 is 0 Å². The molecule has 0 fully saturated rings. The van der Waals surface area contributed by atoms with Crippen LogP contribution in [0.3, 0.4) is 0 Å². The van der Waals surface area contributed by atoms with Crippen LogP contribution in [-0.2, 0) is 0 Å². The molecule has 6 aromatic carbocycles. The average Bonchev–Trinajstić information content (AvgIpc) is 3.12. The summed E-state index contributed by atoms with van der Waals surface area (Å²) in [5.74, 6) is 0.675. The van der Waals surface area contributed by atoms with Crippen molar-refractivity contribution in [1.29, 1.82) is 0 Å². The van der Waals surface area contributed by atoms with Gasteiger partial charge in [-0.2, -0.15) is 0 Å². The second kappa shape index (κ2) is 11.0. The van der Waals surface area contributed by atoms with Crippen molar-refractivity contribution < 1.29 is 0 Å². The first kappa shape index (κ1) is 25.8. The molecule has 0 bridgehead atoms.